The van der Waals surface area contributed by atoms with Crippen LogP contribution in [0.5, 0.6) is 11.5 Å². The molecular formula is C16H20O4. The van der Waals surface area contributed by atoms with Gasteiger partial charge in [-0.25, -0.2) is 0 Å². The molecule has 0 aliphatic heterocycles. The topological polar surface area (TPSA) is 44.8 Å². The third-order valence-corrected chi connectivity index (χ3v) is 3.64. The van der Waals surface area contributed by atoms with Gasteiger partial charge in [-0.05, 0) is 23.8 Å². The van der Waals surface area contributed by atoms with Crippen molar-refractivity contribution in [2.75, 3.05) is 21.3 Å². The second-order valence-electron chi connectivity index (χ2n) is 5.21. The van der Waals surface area contributed by atoms with Crippen molar-refractivity contribution in [3.8, 4) is 11.5 Å². The number of rotatable bonds is 5. The lowest BCUT2D eigenvalue weighted by Gasteiger charge is -2.26. The maximum atomic E-state index is 11.6. The average Bonchev–Trinajstić information content (AvgIpc) is 2.79. The number of hydrogen-bond acceptors (Lipinski definition) is 4. The van der Waals surface area contributed by atoms with E-state index in [4.69, 9.17) is 14.2 Å². The SMILES string of the molecule is COCc1cc(OC)c(OC)c(C2(C)C=CC(=O)C2)c1. The molecule has 1 aliphatic rings. The lowest BCUT2D eigenvalue weighted by Crippen LogP contribution is -2.19. The van der Waals surface area contributed by atoms with Crippen molar-refractivity contribution in [1.82, 2.24) is 0 Å². The van der Waals surface area contributed by atoms with Gasteiger partial charge in [0, 0.05) is 24.5 Å². The van der Waals surface area contributed by atoms with E-state index in [0.29, 0.717) is 24.5 Å². The quantitative estimate of drug-likeness (QED) is 0.829. The molecule has 4 nitrogen and oxygen atoms in total. The highest BCUT2D eigenvalue weighted by Gasteiger charge is 2.34. The Labute approximate surface area is 119 Å². The zero-order valence-electron chi connectivity index (χ0n) is 12.4. The van der Waals surface area contributed by atoms with Crippen molar-refractivity contribution in [3.63, 3.8) is 0 Å². The number of methoxy groups -OCH3 is 3. The summed E-state index contributed by atoms with van der Waals surface area (Å²) in [4.78, 5) is 11.6. The second-order valence-corrected chi connectivity index (χ2v) is 5.21. The molecule has 0 spiro atoms. The van der Waals surface area contributed by atoms with E-state index in [2.05, 4.69) is 0 Å². The maximum Gasteiger partial charge on any atom is 0.164 e. The summed E-state index contributed by atoms with van der Waals surface area (Å²) < 4.78 is 16.1. The largest absolute Gasteiger partial charge is 0.493 e. The number of carbonyl (C=O) groups is 1. The first-order valence-electron chi connectivity index (χ1n) is 6.50. The van der Waals surface area contributed by atoms with E-state index >= 15 is 0 Å². The Balaban J connectivity index is 2.57. The smallest absolute Gasteiger partial charge is 0.164 e. The van der Waals surface area contributed by atoms with Gasteiger partial charge in [0.05, 0.1) is 20.8 Å². The molecule has 20 heavy (non-hydrogen) atoms. The predicted molar refractivity (Wildman–Crippen MR) is 76.4 cm³/mol. The molecule has 0 bridgehead atoms. The Bertz CT molecular complexity index is 548. The standard InChI is InChI=1S/C16H20O4/c1-16(6-5-12(17)9-16)13-7-11(10-18-2)8-14(19-3)15(13)20-4/h5-8H,9-10H2,1-4H3. The Morgan fingerprint density at radius 2 is 1.95 bits per heavy atom. The van der Waals surface area contributed by atoms with Crippen molar-refractivity contribution < 1.29 is 19.0 Å². The molecule has 1 atom stereocenters. The fourth-order valence-corrected chi connectivity index (χ4v) is 2.64. The fourth-order valence-electron chi connectivity index (χ4n) is 2.64. The Morgan fingerprint density at radius 3 is 2.45 bits per heavy atom. The number of ether oxygens (including phenoxy) is 3. The molecule has 0 saturated heterocycles. The summed E-state index contributed by atoms with van der Waals surface area (Å²) in [5.41, 5.74) is 1.59. The van der Waals surface area contributed by atoms with E-state index in [1.807, 2.05) is 25.1 Å². The van der Waals surface area contributed by atoms with Gasteiger partial charge in [-0.3, -0.25) is 4.79 Å². The number of hydrogen-bond donors (Lipinski definition) is 0. The number of ketones is 1. The molecule has 0 fully saturated rings. The third kappa shape index (κ3) is 2.56. The highest BCUT2D eigenvalue weighted by molar-refractivity contribution is 5.94. The second kappa shape index (κ2) is 5.67. The lowest BCUT2D eigenvalue weighted by atomic mass is 9.80. The van der Waals surface area contributed by atoms with Crippen LogP contribution in [-0.2, 0) is 21.6 Å². The van der Waals surface area contributed by atoms with Gasteiger partial charge in [-0.15, -0.1) is 0 Å². The summed E-state index contributed by atoms with van der Waals surface area (Å²) in [6.45, 7) is 2.52. The van der Waals surface area contributed by atoms with Crippen LogP contribution in [0.3, 0.4) is 0 Å². The monoisotopic (exact) mass is 276 g/mol. The minimum absolute atomic E-state index is 0.130. The third-order valence-electron chi connectivity index (χ3n) is 3.64. The summed E-state index contributed by atoms with van der Waals surface area (Å²) in [5, 5.41) is 0. The molecule has 0 heterocycles. The van der Waals surface area contributed by atoms with Crippen LogP contribution < -0.4 is 9.47 Å². The van der Waals surface area contributed by atoms with Crippen LogP contribution in [0.2, 0.25) is 0 Å². The fraction of sp³-hybridized carbons (Fsp3) is 0.438. The van der Waals surface area contributed by atoms with Crippen LogP contribution in [0.25, 0.3) is 0 Å². The van der Waals surface area contributed by atoms with Crippen molar-refractivity contribution in [3.05, 3.63) is 35.4 Å². The average molecular weight is 276 g/mol. The number of benzene rings is 1. The van der Waals surface area contributed by atoms with Gasteiger partial charge in [-0.2, -0.15) is 0 Å². The summed E-state index contributed by atoms with van der Waals surface area (Å²) in [5.74, 6) is 1.46. The maximum absolute atomic E-state index is 11.6. The minimum Gasteiger partial charge on any atom is -0.493 e. The zero-order valence-corrected chi connectivity index (χ0v) is 12.4. The van der Waals surface area contributed by atoms with Gasteiger partial charge in [0.2, 0.25) is 0 Å². The van der Waals surface area contributed by atoms with Crippen LogP contribution in [0, 0.1) is 0 Å². The molecule has 2 rings (SSSR count). The molecular weight excluding hydrogens is 256 g/mol. The molecule has 0 N–H and O–H groups in total. The Kier molecular flexibility index (Phi) is 4.14. The van der Waals surface area contributed by atoms with Gasteiger partial charge in [-0.1, -0.05) is 13.0 Å². The molecule has 0 aromatic heterocycles. The van der Waals surface area contributed by atoms with Crippen molar-refractivity contribution in [1.29, 1.82) is 0 Å². The van der Waals surface area contributed by atoms with Crippen LogP contribution in [-0.4, -0.2) is 27.1 Å². The highest BCUT2D eigenvalue weighted by atomic mass is 16.5. The molecule has 0 radical (unpaired) electrons. The highest BCUT2D eigenvalue weighted by Crippen LogP contribution is 2.44. The molecule has 1 aromatic rings. The normalized spacial score (nSPS) is 21.3. The van der Waals surface area contributed by atoms with Gasteiger partial charge in [0.1, 0.15) is 0 Å². The van der Waals surface area contributed by atoms with Gasteiger partial charge in [0.15, 0.2) is 17.3 Å². The van der Waals surface area contributed by atoms with Gasteiger partial charge in [0.25, 0.3) is 0 Å². The molecule has 0 saturated carbocycles. The van der Waals surface area contributed by atoms with Crippen LogP contribution in [0.15, 0.2) is 24.3 Å². The van der Waals surface area contributed by atoms with E-state index in [1.165, 1.54) is 0 Å². The summed E-state index contributed by atoms with van der Waals surface area (Å²) >= 11 is 0. The first kappa shape index (κ1) is 14.6. The van der Waals surface area contributed by atoms with E-state index in [0.717, 1.165) is 11.1 Å². The first-order chi connectivity index (χ1) is 9.54. The van der Waals surface area contributed by atoms with E-state index in [9.17, 15) is 4.79 Å². The Morgan fingerprint density at radius 1 is 1.20 bits per heavy atom. The van der Waals surface area contributed by atoms with E-state index in [1.54, 1.807) is 27.4 Å². The summed E-state index contributed by atoms with van der Waals surface area (Å²) in [7, 11) is 4.87. The first-order valence-corrected chi connectivity index (χ1v) is 6.50. The number of allylic oxidation sites excluding steroid dienone is 2. The zero-order chi connectivity index (χ0) is 14.8. The molecule has 108 valence electrons. The van der Waals surface area contributed by atoms with Gasteiger partial charge >= 0.3 is 0 Å². The van der Waals surface area contributed by atoms with Crippen molar-refractivity contribution in [2.45, 2.75) is 25.4 Å². The van der Waals surface area contributed by atoms with Gasteiger partial charge < -0.3 is 14.2 Å². The molecule has 1 aliphatic carbocycles. The summed E-state index contributed by atoms with van der Waals surface area (Å²) in [6.07, 6.45) is 4.01. The predicted octanol–water partition coefficient (Wildman–Crippen LogP) is 2.64. The van der Waals surface area contributed by atoms with E-state index < -0.39 is 0 Å². The Hall–Kier alpha value is -1.81. The molecule has 1 unspecified atom stereocenters. The molecule has 4 heteroatoms. The van der Waals surface area contributed by atoms with Crippen LogP contribution in [0.4, 0.5) is 0 Å². The summed E-state index contributed by atoms with van der Waals surface area (Å²) in [6, 6.07) is 3.92. The molecule has 1 aromatic carbocycles. The van der Waals surface area contributed by atoms with Crippen molar-refractivity contribution in [2.24, 2.45) is 0 Å². The van der Waals surface area contributed by atoms with Crippen LogP contribution >= 0.6 is 0 Å². The number of carbonyl (C=O) groups excluding carboxylic acids is 1. The lowest BCUT2D eigenvalue weighted by molar-refractivity contribution is -0.114. The minimum atomic E-state index is -0.362. The van der Waals surface area contributed by atoms with Crippen molar-refractivity contribution >= 4 is 5.78 Å². The molecule has 0 amide bonds. The van der Waals surface area contributed by atoms with E-state index in [-0.39, 0.29) is 11.2 Å². The van der Waals surface area contributed by atoms with Crippen LogP contribution in [0.1, 0.15) is 24.5 Å².